The van der Waals surface area contributed by atoms with E-state index in [1.165, 1.54) is 12.0 Å². The molecular weight excluding hydrogens is 146 g/mol. The van der Waals surface area contributed by atoms with Gasteiger partial charge in [0.15, 0.2) is 0 Å². The number of fused-ring (bicyclic) bond motifs is 1. The molecule has 0 aromatic heterocycles. The van der Waals surface area contributed by atoms with Crippen LogP contribution in [0.3, 0.4) is 0 Å². The SMILES string of the molecule is N#Cc1cccc(C2C3CC32)c1. The fraction of sp³-hybridized carbons (Fsp3) is 0.364. The lowest BCUT2D eigenvalue weighted by molar-refractivity contribution is 0.778. The maximum atomic E-state index is 8.69. The van der Waals surface area contributed by atoms with Crippen molar-refractivity contribution in [3.63, 3.8) is 0 Å². The monoisotopic (exact) mass is 155 g/mol. The molecule has 2 atom stereocenters. The summed E-state index contributed by atoms with van der Waals surface area (Å²) in [6, 6.07) is 10.2. The average molecular weight is 155 g/mol. The molecule has 2 saturated carbocycles. The molecule has 1 heteroatoms. The van der Waals surface area contributed by atoms with E-state index in [9.17, 15) is 0 Å². The first-order valence-corrected chi connectivity index (χ1v) is 4.40. The molecule has 1 aromatic rings. The summed E-state index contributed by atoms with van der Waals surface area (Å²) in [4.78, 5) is 0. The van der Waals surface area contributed by atoms with Crippen LogP contribution in [0.4, 0.5) is 0 Å². The van der Waals surface area contributed by atoms with Crippen molar-refractivity contribution >= 4 is 0 Å². The maximum Gasteiger partial charge on any atom is 0.0991 e. The molecule has 0 saturated heterocycles. The van der Waals surface area contributed by atoms with Gasteiger partial charge in [0.25, 0.3) is 0 Å². The second-order valence-corrected chi connectivity index (χ2v) is 3.83. The van der Waals surface area contributed by atoms with Crippen molar-refractivity contribution < 1.29 is 0 Å². The minimum atomic E-state index is 0.804. The molecule has 0 N–H and O–H groups in total. The van der Waals surface area contributed by atoms with Crippen LogP contribution in [0.5, 0.6) is 0 Å². The Bertz CT molecular complexity index is 367. The highest BCUT2D eigenvalue weighted by Gasteiger charge is 2.64. The summed E-state index contributed by atoms with van der Waals surface area (Å²) in [6.07, 6.45) is 1.43. The zero-order valence-electron chi connectivity index (χ0n) is 6.70. The lowest BCUT2D eigenvalue weighted by atomic mass is 10.0. The van der Waals surface area contributed by atoms with Crippen molar-refractivity contribution in [2.24, 2.45) is 11.8 Å². The highest BCUT2D eigenvalue weighted by molar-refractivity contribution is 5.40. The van der Waals surface area contributed by atoms with Crippen molar-refractivity contribution in [2.45, 2.75) is 12.3 Å². The third-order valence-electron chi connectivity index (χ3n) is 3.07. The fourth-order valence-corrected chi connectivity index (χ4v) is 2.09. The van der Waals surface area contributed by atoms with Crippen molar-refractivity contribution in [1.82, 2.24) is 0 Å². The zero-order valence-corrected chi connectivity index (χ0v) is 6.70. The molecule has 2 aliphatic rings. The van der Waals surface area contributed by atoms with Gasteiger partial charge in [0.05, 0.1) is 11.6 Å². The maximum absolute atomic E-state index is 8.69. The van der Waals surface area contributed by atoms with E-state index in [0.717, 1.165) is 23.3 Å². The Balaban J connectivity index is 1.95. The van der Waals surface area contributed by atoms with E-state index in [1.54, 1.807) is 0 Å². The molecule has 3 rings (SSSR count). The summed E-state index contributed by atoms with van der Waals surface area (Å²) in [5.74, 6) is 2.79. The first-order chi connectivity index (χ1) is 5.90. The van der Waals surface area contributed by atoms with Crippen molar-refractivity contribution in [3.05, 3.63) is 35.4 Å². The smallest absolute Gasteiger partial charge is 0.0991 e. The Labute approximate surface area is 71.6 Å². The van der Waals surface area contributed by atoms with Crippen LogP contribution >= 0.6 is 0 Å². The number of hydrogen-bond donors (Lipinski definition) is 0. The van der Waals surface area contributed by atoms with Crippen LogP contribution < -0.4 is 0 Å². The molecule has 1 nitrogen and oxygen atoms in total. The van der Waals surface area contributed by atoms with E-state index in [-0.39, 0.29) is 0 Å². The molecule has 0 amide bonds. The molecular formula is C11H9N. The van der Waals surface area contributed by atoms with Crippen LogP contribution in [0.2, 0.25) is 0 Å². The van der Waals surface area contributed by atoms with Crippen LogP contribution in [0.1, 0.15) is 23.5 Å². The molecule has 0 heterocycles. The van der Waals surface area contributed by atoms with E-state index >= 15 is 0 Å². The third-order valence-corrected chi connectivity index (χ3v) is 3.07. The Morgan fingerprint density at radius 3 is 2.75 bits per heavy atom. The van der Waals surface area contributed by atoms with Gasteiger partial charge in [-0.25, -0.2) is 0 Å². The van der Waals surface area contributed by atoms with E-state index in [2.05, 4.69) is 12.1 Å². The molecule has 0 bridgehead atoms. The van der Waals surface area contributed by atoms with Crippen molar-refractivity contribution in [3.8, 4) is 6.07 Å². The molecule has 2 fully saturated rings. The van der Waals surface area contributed by atoms with E-state index < -0.39 is 0 Å². The highest BCUT2D eigenvalue weighted by Crippen LogP contribution is 2.73. The predicted octanol–water partition coefficient (Wildman–Crippen LogP) is 2.29. The summed E-state index contributed by atoms with van der Waals surface area (Å²) in [5, 5.41) is 8.69. The van der Waals surface area contributed by atoms with Crippen LogP contribution in [0.25, 0.3) is 0 Å². The first-order valence-electron chi connectivity index (χ1n) is 4.40. The fourth-order valence-electron chi connectivity index (χ4n) is 2.09. The Morgan fingerprint density at radius 2 is 2.17 bits per heavy atom. The topological polar surface area (TPSA) is 23.8 Å². The van der Waals surface area contributed by atoms with Crippen LogP contribution in [-0.4, -0.2) is 0 Å². The quantitative estimate of drug-likeness (QED) is 0.610. The molecule has 58 valence electrons. The summed E-state index contributed by atoms with van der Waals surface area (Å²) < 4.78 is 0. The van der Waals surface area contributed by atoms with Gasteiger partial charge in [-0.2, -0.15) is 5.26 Å². The summed E-state index contributed by atoms with van der Waals surface area (Å²) in [7, 11) is 0. The summed E-state index contributed by atoms with van der Waals surface area (Å²) in [5.41, 5.74) is 2.19. The number of rotatable bonds is 1. The lowest BCUT2D eigenvalue weighted by Gasteiger charge is -2.02. The van der Waals surface area contributed by atoms with Gasteiger partial charge in [0.2, 0.25) is 0 Å². The largest absolute Gasteiger partial charge is 0.192 e. The average Bonchev–Trinajstić information content (AvgIpc) is 2.92. The standard InChI is InChI=1S/C11H9N/c12-6-7-2-1-3-8(4-7)11-9-5-10(9)11/h1-4,9-11H,5H2. The molecule has 12 heavy (non-hydrogen) atoms. The van der Waals surface area contributed by atoms with E-state index in [1.807, 2.05) is 18.2 Å². The lowest BCUT2D eigenvalue weighted by Crippen LogP contribution is -1.88. The number of hydrogen-bond acceptors (Lipinski definition) is 1. The Kier molecular flexibility index (Phi) is 0.988. The van der Waals surface area contributed by atoms with Gasteiger partial charge in [0, 0.05) is 0 Å². The van der Waals surface area contributed by atoms with Gasteiger partial charge in [-0.15, -0.1) is 0 Å². The van der Waals surface area contributed by atoms with Gasteiger partial charge in [-0.1, -0.05) is 12.1 Å². The highest BCUT2D eigenvalue weighted by atomic mass is 14.7. The first kappa shape index (κ1) is 6.25. The number of benzene rings is 1. The minimum Gasteiger partial charge on any atom is -0.192 e. The van der Waals surface area contributed by atoms with Crippen molar-refractivity contribution in [2.75, 3.05) is 0 Å². The van der Waals surface area contributed by atoms with Crippen LogP contribution in [-0.2, 0) is 0 Å². The van der Waals surface area contributed by atoms with Crippen LogP contribution in [0.15, 0.2) is 24.3 Å². The second kappa shape index (κ2) is 1.90. The second-order valence-electron chi connectivity index (χ2n) is 3.83. The van der Waals surface area contributed by atoms with Crippen molar-refractivity contribution in [1.29, 1.82) is 5.26 Å². The normalized spacial score (nSPS) is 35.1. The Hall–Kier alpha value is -1.29. The van der Waals surface area contributed by atoms with Gasteiger partial charge >= 0.3 is 0 Å². The number of nitrogens with zero attached hydrogens (tertiary/aromatic N) is 1. The van der Waals surface area contributed by atoms with Crippen LogP contribution in [0, 0.1) is 23.2 Å². The Morgan fingerprint density at radius 1 is 1.33 bits per heavy atom. The summed E-state index contributed by atoms with van der Waals surface area (Å²) in [6.45, 7) is 0. The third kappa shape index (κ3) is 0.726. The van der Waals surface area contributed by atoms with Gasteiger partial charge in [-0.3, -0.25) is 0 Å². The predicted molar refractivity (Wildman–Crippen MR) is 45.5 cm³/mol. The minimum absolute atomic E-state index is 0.804. The van der Waals surface area contributed by atoms with Gasteiger partial charge in [-0.05, 0) is 41.9 Å². The molecule has 0 radical (unpaired) electrons. The van der Waals surface area contributed by atoms with E-state index in [4.69, 9.17) is 5.26 Å². The molecule has 0 aliphatic heterocycles. The van der Waals surface area contributed by atoms with Gasteiger partial charge < -0.3 is 0 Å². The zero-order chi connectivity index (χ0) is 8.13. The van der Waals surface area contributed by atoms with E-state index in [0.29, 0.717) is 0 Å². The van der Waals surface area contributed by atoms with Gasteiger partial charge in [0.1, 0.15) is 0 Å². The summed E-state index contributed by atoms with van der Waals surface area (Å²) >= 11 is 0. The molecule has 0 spiro atoms. The molecule has 2 aliphatic carbocycles. The molecule has 1 aromatic carbocycles. The number of nitriles is 1. The molecule has 2 unspecified atom stereocenters.